The Morgan fingerprint density at radius 3 is 1.92 bits per heavy atom. The van der Waals surface area contributed by atoms with Gasteiger partial charge in [-0.2, -0.15) is 0 Å². The molecule has 1 atom stereocenters. The van der Waals surface area contributed by atoms with Crippen molar-refractivity contribution in [1.29, 1.82) is 0 Å². The number of hydrogen-bond donors (Lipinski definition) is 0. The minimum atomic E-state index is -0.468. The standard InChI is InChI=1S/C20H22O5/c1-4-14(2)13-19(21)24-17-9-11-18(12-10-17)25-20(22)15-5-7-16(23-3)8-6-15/h5-12,14H,4,13H2,1-3H3. The van der Waals surface area contributed by atoms with Gasteiger partial charge in [0.2, 0.25) is 0 Å². The summed E-state index contributed by atoms with van der Waals surface area (Å²) in [6, 6.07) is 13.0. The van der Waals surface area contributed by atoms with Gasteiger partial charge in [-0.05, 0) is 54.4 Å². The minimum absolute atomic E-state index is 0.266. The molecular weight excluding hydrogens is 320 g/mol. The normalized spacial score (nSPS) is 11.5. The second-order valence-electron chi connectivity index (χ2n) is 5.78. The van der Waals surface area contributed by atoms with E-state index in [9.17, 15) is 9.59 Å². The van der Waals surface area contributed by atoms with Crippen molar-refractivity contribution in [3.05, 3.63) is 54.1 Å². The summed E-state index contributed by atoms with van der Waals surface area (Å²) in [5, 5.41) is 0. The number of methoxy groups -OCH3 is 1. The number of carbonyl (C=O) groups excluding carboxylic acids is 2. The topological polar surface area (TPSA) is 61.8 Å². The molecule has 5 heteroatoms. The van der Waals surface area contributed by atoms with E-state index in [1.165, 1.54) is 0 Å². The molecule has 0 spiro atoms. The summed E-state index contributed by atoms with van der Waals surface area (Å²) in [4.78, 5) is 23.8. The maximum atomic E-state index is 12.1. The van der Waals surface area contributed by atoms with Crippen molar-refractivity contribution in [1.82, 2.24) is 0 Å². The van der Waals surface area contributed by atoms with Crippen LogP contribution in [0.5, 0.6) is 17.2 Å². The smallest absolute Gasteiger partial charge is 0.343 e. The second-order valence-corrected chi connectivity index (χ2v) is 5.78. The predicted octanol–water partition coefficient (Wildman–Crippen LogP) is 4.26. The van der Waals surface area contributed by atoms with E-state index in [1.54, 1.807) is 55.6 Å². The van der Waals surface area contributed by atoms with Gasteiger partial charge in [-0.25, -0.2) is 4.79 Å². The Bertz CT molecular complexity index is 704. The molecule has 0 saturated carbocycles. The van der Waals surface area contributed by atoms with Crippen molar-refractivity contribution >= 4 is 11.9 Å². The van der Waals surface area contributed by atoms with E-state index in [1.807, 2.05) is 13.8 Å². The van der Waals surface area contributed by atoms with E-state index in [2.05, 4.69) is 0 Å². The SMILES string of the molecule is CCC(C)CC(=O)Oc1ccc(OC(=O)c2ccc(OC)cc2)cc1. The van der Waals surface area contributed by atoms with Crippen LogP contribution < -0.4 is 14.2 Å². The molecular formula is C20H22O5. The molecule has 0 radical (unpaired) electrons. The molecule has 2 rings (SSSR count). The molecule has 1 unspecified atom stereocenters. The summed E-state index contributed by atoms with van der Waals surface area (Å²) in [7, 11) is 1.56. The molecule has 5 nitrogen and oxygen atoms in total. The van der Waals surface area contributed by atoms with Gasteiger partial charge in [0.25, 0.3) is 0 Å². The Morgan fingerprint density at radius 1 is 0.880 bits per heavy atom. The van der Waals surface area contributed by atoms with E-state index in [4.69, 9.17) is 14.2 Å². The molecule has 132 valence electrons. The average molecular weight is 342 g/mol. The zero-order valence-corrected chi connectivity index (χ0v) is 14.7. The molecule has 0 aliphatic carbocycles. The highest BCUT2D eigenvalue weighted by molar-refractivity contribution is 5.91. The lowest BCUT2D eigenvalue weighted by Gasteiger charge is -2.09. The fraction of sp³-hybridized carbons (Fsp3) is 0.300. The predicted molar refractivity (Wildman–Crippen MR) is 94.1 cm³/mol. The van der Waals surface area contributed by atoms with Gasteiger partial charge in [0, 0.05) is 6.42 Å². The number of hydrogen-bond acceptors (Lipinski definition) is 5. The number of benzene rings is 2. The van der Waals surface area contributed by atoms with Crippen molar-refractivity contribution < 1.29 is 23.8 Å². The first-order chi connectivity index (χ1) is 12.0. The van der Waals surface area contributed by atoms with Crippen LogP contribution in [0.4, 0.5) is 0 Å². The van der Waals surface area contributed by atoms with Crippen molar-refractivity contribution in [3.63, 3.8) is 0 Å². The fourth-order valence-corrected chi connectivity index (χ4v) is 2.07. The van der Waals surface area contributed by atoms with Gasteiger partial charge in [0.15, 0.2) is 0 Å². The zero-order valence-electron chi connectivity index (χ0n) is 14.7. The maximum Gasteiger partial charge on any atom is 0.343 e. The number of esters is 2. The van der Waals surface area contributed by atoms with E-state index >= 15 is 0 Å². The number of ether oxygens (including phenoxy) is 3. The van der Waals surface area contributed by atoms with Crippen molar-refractivity contribution in [3.8, 4) is 17.2 Å². The average Bonchev–Trinajstić information content (AvgIpc) is 2.63. The highest BCUT2D eigenvalue weighted by Gasteiger charge is 2.11. The zero-order chi connectivity index (χ0) is 18.2. The summed E-state index contributed by atoms with van der Waals surface area (Å²) in [6.45, 7) is 4.03. The van der Waals surface area contributed by atoms with Gasteiger partial charge >= 0.3 is 11.9 Å². The first-order valence-electron chi connectivity index (χ1n) is 8.18. The molecule has 0 bridgehead atoms. The Hall–Kier alpha value is -2.82. The van der Waals surface area contributed by atoms with Crippen LogP contribution in [0.25, 0.3) is 0 Å². The Morgan fingerprint density at radius 2 is 1.40 bits per heavy atom. The van der Waals surface area contributed by atoms with Crippen LogP contribution in [-0.2, 0) is 4.79 Å². The molecule has 0 heterocycles. The molecule has 0 aromatic heterocycles. The Balaban J connectivity index is 1.93. The monoisotopic (exact) mass is 342 g/mol. The third-order valence-corrected chi connectivity index (χ3v) is 3.80. The molecule has 0 saturated heterocycles. The van der Waals surface area contributed by atoms with Gasteiger partial charge in [0.1, 0.15) is 17.2 Å². The number of rotatable bonds is 7. The van der Waals surface area contributed by atoms with Gasteiger partial charge in [-0.1, -0.05) is 20.3 Å². The summed E-state index contributed by atoms with van der Waals surface area (Å²) in [5.41, 5.74) is 0.421. The van der Waals surface area contributed by atoms with Crippen LogP contribution in [0.2, 0.25) is 0 Å². The number of carbonyl (C=O) groups is 2. The van der Waals surface area contributed by atoms with Crippen LogP contribution in [0, 0.1) is 5.92 Å². The van der Waals surface area contributed by atoms with E-state index in [0.717, 1.165) is 6.42 Å². The summed E-state index contributed by atoms with van der Waals surface area (Å²) >= 11 is 0. The van der Waals surface area contributed by atoms with Crippen LogP contribution >= 0.6 is 0 Å². The van der Waals surface area contributed by atoms with E-state index < -0.39 is 5.97 Å². The fourth-order valence-electron chi connectivity index (χ4n) is 2.07. The first-order valence-corrected chi connectivity index (χ1v) is 8.18. The molecule has 0 aliphatic rings. The Labute approximate surface area is 147 Å². The lowest BCUT2D eigenvalue weighted by atomic mass is 10.1. The van der Waals surface area contributed by atoms with Crippen LogP contribution in [-0.4, -0.2) is 19.0 Å². The lowest BCUT2D eigenvalue weighted by Crippen LogP contribution is -2.12. The molecule has 0 amide bonds. The van der Waals surface area contributed by atoms with E-state index in [0.29, 0.717) is 29.2 Å². The van der Waals surface area contributed by atoms with Crippen molar-refractivity contribution in [2.45, 2.75) is 26.7 Å². The highest BCUT2D eigenvalue weighted by atomic mass is 16.5. The van der Waals surface area contributed by atoms with Gasteiger partial charge in [-0.15, -0.1) is 0 Å². The third-order valence-electron chi connectivity index (χ3n) is 3.80. The molecule has 0 N–H and O–H groups in total. The van der Waals surface area contributed by atoms with Gasteiger partial charge in [-0.3, -0.25) is 4.79 Å². The van der Waals surface area contributed by atoms with E-state index in [-0.39, 0.29) is 11.9 Å². The van der Waals surface area contributed by atoms with Crippen molar-refractivity contribution in [2.75, 3.05) is 7.11 Å². The second kappa shape index (κ2) is 8.87. The molecule has 2 aromatic rings. The largest absolute Gasteiger partial charge is 0.497 e. The van der Waals surface area contributed by atoms with Crippen LogP contribution in [0.1, 0.15) is 37.0 Å². The van der Waals surface area contributed by atoms with Crippen LogP contribution in [0.15, 0.2) is 48.5 Å². The summed E-state index contributed by atoms with van der Waals surface area (Å²) in [5.74, 6) is 1.03. The van der Waals surface area contributed by atoms with Gasteiger partial charge < -0.3 is 14.2 Å². The van der Waals surface area contributed by atoms with Gasteiger partial charge in [0.05, 0.1) is 12.7 Å². The molecule has 25 heavy (non-hydrogen) atoms. The molecule has 0 fully saturated rings. The maximum absolute atomic E-state index is 12.1. The Kier molecular flexibility index (Phi) is 6.57. The third kappa shape index (κ3) is 5.64. The van der Waals surface area contributed by atoms with Crippen molar-refractivity contribution in [2.24, 2.45) is 5.92 Å². The van der Waals surface area contributed by atoms with Crippen LogP contribution in [0.3, 0.4) is 0 Å². The quantitative estimate of drug-likeness (QED) is 0.556. The molecule has 0 aliphatic heterocycles. The molecule has 2 aromatic carbocycles. The first kappa shape index (κ1) is 18.5. The highest BCUT2D eigenvalue weighted by Crippen LogP contribution is 2.20. The minimum Gasteiger partial charge on any atom is -0.497 e. The summed E-state index contributed by atoms with van der Waals surface area (Å²) in [6.07, 6.45) is 1.31. The lowest BCUT2D eigenvalue weighted by molar-refractivity contribution is -0.135. The summed E-state index contributed by atoms with van der Waals surface area (Å²) < 4.78 is 15.6.